The predicted octanol–water partition coefficient (Wildman–Crippen LogP) is 3.07. The summed E-state index contributed by atoms with van der Waals surface area (Å²) in [7, 11) is -3.41. The standard InChI is InChI=1S/C19H30N2O2S/c1-13-11-14(2)16(4)19(15(13)3)24(22,23)21-9-7-18(8-10-21)20-12-17-5-6-17/h11,17-18,20H,5-10,12H2,1-4H3. The van der Waals surface area contributed by atoms with E-state index in [1.54, 1.807) is 4.31 Å². The molecule has 0 aromatic heterocycles. The second-order valence-electron chi connectivity index (χ2n) is 7.62. The molecule has 1 aliphatic carbocycles. The first kappa shape index (κ1) is 17.9. The second-order valence-corrected chi connectivity index (χ2v) is 9.49. The molecule has 0 radical (unpaired) electrons. The lowest BCUT2D eigenvalue weighted by atomic mass is 10.0. The largest absolute Gasteiger partial charge is 0.314 e. The molecule has 0 spiro atoms. The summed E-state index contributed by atoms with van der Waals surface area (Å²) in [6, 6.07) is 2.55. The first-order valence-electron chi connectivity index (χ1n) is 9.11. The Bertz CT molecular complexity index is 689. The third kappa shape index (κ3) is 3.53. The Morgan fingerprint density at radius 3 is 2.04 bits per heavy atom. The van der Waals surface area contributed by atoms with Gasteiger partial charge in [-0.3, -0.25) is 0 Å². The maximum atomic E-state index is 13.2. The Hall–Kier alpha value is -0.910. The van der Waals surface area contributed by atoms with E-state index in [2.05, 4.69) is 11.4 Å². The summed E-state index contributed by atoms with van der Waals surface area (Å²) in [6.07, 6.45) is 4.53. The van der Waals surface area contributed by atoms with E-state index in [1.807, 2.05) is 27.7 Å². The molecule has 1 aliphatic heterocycles. The molecule has 134 valence electrons. The zero-order valence-electron chi connectivity index (χ0n) is 15.4. The van der Waals surface area contributed by atoms with Gasteiger partial charge in [0.2, 0.25) is 10.0 Å². The molecule has 1 N–H and O–H groups in total. The smallest absolute Gasteiger partial charge is 0.243 e. The number of nitrogens with one attached hydrogen (secondary N) is 1. The first-order chi connectivity index (χ1) is 11.3. The number of aryl methyl sites for hydroxylation is 2. The average Bonchev–Trinajstić information content (AvgIpc) is 3.36. The van der Waals surface area contributed by atoms with Gasteiger partial charge in [0.1, 0.15) is 0 Å². The monoisotopic (exact) mass is 350 g/mol. The van der Waals surface area contributed by atoms with Gasteiger partial charge in [-0.2, -0.15) is 4.31 Å². The first-order valence-corrected chi connectivity index (χ1v) is 10.6. The Kier molecular flexibility index (Phi) is 5.05. The zero-order chi connectivity index (χ0) is 17.5. The van der Waals surface area contributed by atoms with E-state index in [4.69, 9.17) is 0 Å². The Labute approximate surface area is 146 Å². The minimum Gasteiger partial charge on any atom is -0.314 e. The third-order valence-corrected chi connectivity index (χ3v) is 7.91. The van der Waals surface area contributed by atoms with Gasteiger partial charge in [0.05, 0.1) is 4.90 Å². The lowest BCUT2D eigenvalue weighted by Crippen LogP contribution is -2.45. The highest BCUT2D eigenvalue weighted by Gasteiger charge is 2.32. The van der Waals surface area contributed by atoms with Crippen LogP contribution in [0.4, 0.5) is 0 Å². The minimum atomic E-state index is -3.41. The topological polar surface area (TPSA) is 49.4 Å². The molecule has 1 saturated heterocycles. The van der Waals surface area contributed by atoms with Gasteiger partial charge in [0.25, 0.3) is 0 Å². The van der Waals surface area contributed by atoms with Gasteiger partial charge in [0.15, 0.2) is 0 Å². The third-order valence-electron chi connectivity index (χ3n) is 5.74. The summed E-state index contributed by atoms with van der Waals surface area (Å²) in [5.74, 6) is 0.868. The number of piperidine rings is 1. The van der Waals surface area contributed by atoms with Gasteiger partial charge in [-0.05, 0) is 88.1 Å². The number of benzene rings is 1. The van der Waals surface area contributed by atoms with Crippen LogP contribution in [0.25, 0.3) is 0 Å². The second kappa shape index (κ2) is 6.77. The Balaban J connectivity index is 1.75. The summed E-state index contributed by atoms with van der Waals surface area (Å²) in [6.45, 7) is 10.2. The fourth-order valence-corrected chi connectivity index (χ4v) is 5.70. The van der Waals surface area contributed by atoms with Crippen molar-refractivity contribution in [1.82, 2.24) is 9.62 Å². The molecule has 2 fully saturated rings. The Morgan fingerprint density at radius 1 is 1.00 bits per heavy atom. The summed E-state index contributed by atoms with van der Waals surface area (Å²) < 4.78 is 28.1. The SMILES string of the molecule is Cc1cc(C)c(C)c(S(=O)(=O)N2CCC(NCC3CC3)CC2)c1C. The number of hydrogen-bond acceptors (Lipinski definition) is 3. The molecule has 0 atom stereocenters. The van der Waals surface area contributed by atoms with E-state index >= 15 is 0 Å². The molecule has 5 heteroatoms. The summed E-state index contributed by atoms with van der Waals surface area (Å²) in [5, 5.41) is 3.61. The lowest BCUT2D eigenvalue weighted by molar-refractivity contribution is 0.288. The van der Waals surface area contributed by atoms with Gasteiger partial charge >= 0.3 is 0 Å². The van der Waals surface area contributed by atoms with Crippen LogP contribution in [0.5, 0.6) is 0 Å². The van der Waals surface area contributed by atoms with E-state index < -0.39 is 10.0 Å². The average molecular weight is 351 g/mol. The van der Waals surface area contributed by atoms with Crippen LogP contribution in [0.3, 0.4) is 0 Å². The minimum absolute atomic E-state index is 0.471. The van der Waals surface area contributed by atoms with Crippen molar-refractivity contribution in [3.8, 4) is 0 Å². The molecular weight excluding hydrogens is 320 g/mol. The summed E-state index contributed by atoms with van der Waals surface area (Å²) >= 11 is 0. The van der Waals surface area contributed by atoms with E-state index in [0.29, 0.717) is 24.0 Å². The van der Waals surface area contributed by atoms with Crippen molar-refractivity contribution in [2.45, 2.75) is 64.3 Å². The van der Waals surface area contributed by atoms with Crippen molar-refractivity contribution in [1.29, 1.82) is 0 Å². The molecule has 0 unspecified atom stereocenters. The molecule has 4 nitrogen and oxygen atoms in total. The fraction of sp³-hybridized carbons (Fsp3) is 0.684. The van der Waals surface area contributed by atoms with Gasteiger partial charge < -0.3 is 5.32 Å². The molecule has 3 rings (SSSR count). The highest BCUT2D eigenvalue weighted by Crippen LogP contribution is 2.31. The van der Waals surface area contributed by atoms with Crippen LogP contribution in [0.1, 0.15) is 47.9 Å². The van der Waals surface area contributed by atoms with Crippen molar-refractivity contribution >= 4 is 10.0 Å². The van der Waals surface area contributed by atoms with Crippen LogP contribution in [0.15, 0.2) is 11.0 Å². The number of nitrogens with zero attached hydrogens (tertiary/aromatic N) is 1. The van der Waals surface area contributed by atoms with Gasteiger partial charge in [-0.25, -0.2) is 8.42 Å². The number of sulfonamides is 1. The van der Waals surface area contributed by atoms with E-state index in [9.17, 15) is 8.42 Å². The number of hydrogen-bond donors (Lipinski definition) is 1. The van der Waals surface area contributed by atoms with Crippen LogP contribution in [-0.4, -0.2) is 38.4 Å². The molecular formula is C19H30N2O2S. The van der Waals surface area contributed by atoms with Crippen molar-refractivity contribution in [2.24, 2.45) is 5.92 Å². The lowest BCUT2D eigenvalue weighted by Gasteiger charge is -2.33. The molecule has 24 heavy (non-hydrogen) atoms. The molecule has 1 saturated carbocycles. The van der Waals surface area contributed by atoms with E-state index in [0.717, 1.165) is 47.6 Å². The van der Waals surface area contributed by atoms with Gasteiger partial charge in [-0.1, -0.05) is 6.07 Å². The van der Waals surface area contributed by atoms with Gasteiger partial charge in [0, 0.05) is 19.1 Å². The van der Waals surface area contributed by atoms with Crippen molar-refractivity contribution in [2.75, 3.05) is 19.6 Å². The highest BCUT2D eigenvalue weighted by molar-refractivity contribution is 7.89. The van der Waals surface area contributed by atoms with Crippen molar-refractivity contribution in [3.63, 3.8) is 0 Å². The maximum Gasteiger partial charge on any atom is 0.243 e. The van der Waals surface area contributed by atoms with Crippen LogP contribution < -0.4 is 5.32 Å². The molecule has 2 aliphatic rings. The van der Waals surface area contributed by atoms with Crippen LogP contribution in [0.2, 0.25) is 0 Å². The van der Waals surface area contributed by atoms with E-state index in [1.165, 1.54) is 12.8 Å². The summed E-state index contributed by atoms with van der Waals surface area (Å²) in [4.78, 5) is 0.532. The molecule has 0 amide bonds. The normalized spacial score (nSPS) is 20.5. The van der Waals surface area contributed by atoms with Crippen LogP contribution >= 0.6 is 0 Å². The zero-order valence-corrected chi connectivity index (χ0v) is 16.2. The van der Waals surface area contributed by atoms with Gasteiger partial charge in [-0.15, -0.1) is 0 Å². The molecule has 1 heterocycles. The van der Waals surface area contributed by atoms with Crippen molar-refractivity contribution < 1.29 is 8.42 Å². The molecule has 0 bridgehead atoms. The highest BCUT2D eigenvalue weighted by atomic mass is 32.2. The van der Waals surface area contributed by atoms with Crippen LogP contribution in [0, 0.1) is 33.6 Å². The fourth-order valence-electron chi connectivity index (χ4n) is 3.65. The summed E-state index contributed by atoms with van der Waals surface area (Å²) in [5.41, 5.74) is 3.90. The molecule has 1 aromatic rings. The van der Waals surface area contributed by atoms with E-state index in [-0.39, 0.29) is 0 Å². The Morgan fingerprint density at radius 2 is 1.54 bits per heavy atom. The number of rotatable bonds is 5. The maximum absolute atomic E-state index is 13.2. The quantitative estimate of drug-likeness (QED) is 0.888. The predicted molar refractivity (Wildman–Crippen MR) is 97.9 cm³/mol. The van der Waals surface area contributed by atoms with Crippen molar-refractivity contribution in [3.05, 3.63) is 28.3 Å². The van der Waals surface area contributed by atoms with Crippen LogP contribution in [-0.2, 0) is 10.0 Å². The molecule has 1 aromatic carbocycles.